The standard InChI is InChI=1S/C20H16P2.2C2H4O2.4Al.Ru/c21-17-11-9-13-5-1-3-7-15(13)19(17)20-16-8-4-2-6-14(16)10-12-18(20)22;2*1-2(3)4;;;;;/h1-12H,21-22H2;2*1H3,(H,3,4);;;;;/p+2. The maximum atomic E-state index is 9.00. The van der Waals surface area contributed by atoms with E-state index in [1.54, 1.807) is 0 Å². The minimum Gasteiger partial charge on any atom is -0.481 e. The van der Waals surface area contributed by atoms with E-state index in [0.717, 1.165) is 13.8 Å². The number of carboxylic acid groups (broad SMARTS) is 2. The predicted molar refractivity (Wildman–Crippen MR) is 158 cm³/mol. The van der Waals surface area contributed by atoms with Crippen LogP contribution in [0.1, 0.15) is 13.8 Å². The molecule has 0 amide bonds. The number of fused-ring (bicyclic) bond motifs is 2. The zero-order valence-corrected chi connectivity index (χ0v) is 28.9. The van der Waals surface area contributed by atoms with Crippen molar-refractivity contribution in [1.29, 1.82) is 0 Å². The van der Waals surface area contributed by atoms with Gasteiger partial charge in [0.15, 0.2) is 0 Å². The summed E-state index contributed by atoms with van der Waals surface area (Å²) >= 11 is 0. The third kappa shape index (κ3) is 12.8. The second-order valence-corrected chi connectivity index (χ2v) is 8.20. The second kappa shape index (κ2) is 20.9. The van der Waals surface area contributed by atoms with Gasteiger partial charge in [0.1, 0.15) is 0 Å². The summed E-state index contributed by atoms with van der Waals surface area (Å²) in [6, 6.07) is 26.3. The zero-order valence-electron chi connectivity index (χ0n) is 19.7. The first-order valence-electron chi connectivity index (χ1n) is 9.29. The van der Waals surface area contributed by atoms with Gasteiger partial charge >= 0.3 is 0 Å². The molecule has 2 unspecified atom stereocenters. The summed E-state index contributed by atoms with van der Waals surface area (Å²) in [5.41, 5.74) is 2.77. The van der Waals surface area contributed by atoms with Crippen molar-refractivity contribution in [3.05, 3.63) is 72.8 Å². The zero-order chi connectivity index (χ0) is 22.3. The molecule has 12 radical (unpaired) electrons. The van der Waals surface area contributed by atoms with Gasteiger partial charge in [-0.05, 0) is 33.7 Å². The molecule has 0 aliphatic carbocycles. The molecule has 4 nitrogen and oxygen atoms in total. The second-order valence-electron chi connectivity index (χ2n) is 6.68. The number of hydrogen-bond donors (Lipinski definition) is 2. The van der Waals surface area contributed by atoms with Crippen molar-refractivity contribution in [3.8, 4) is 11.1 Å². The molecule has 11 heteroatoms. The van der Waals surface area contributed by atoms with E-state index in [9.17, 15) is 0 Å². The van der Waals surface area contributed by atoms with E-state index in [1.165, 1.54) is 43.3 Å². The maximum Gasteiger partial charge on any atom is 0.300 e. The van der Waals surface area contributed by atoms with E-state index in [-0.39, 0.29) is 88.9 Å². The molecular formula is C24H26Al4O4P2Ru+2. The number of hydrogen-bond acceptors (Lipinski definition) is 2. The SMILES string of the molecule is CC(=O)O.CC(=O)O.[Al].[Al].[Al].[Al].[PH3+]c1ccc2ccccc2c1-c1c([PH3+])ccc2ccccc12.[Ru]. The van der Waals surface area contributed by atoms with Crippen molar-refractivity contribution in [1.82, 2.24) is 0 Å². The minimum absolute atomic E-state index is 0. The normalized spacial score (nSPS) is 8.63. The average Bonchev–Trinajstić information content (AvgIpc) is 2.68. The number of aliphatic carboxylic acids is 2. The number of carboxylic acids is 2. The van der Waals surface area contributed by atoms with Crippen LogP contribution in [0.5, 0.6) is 0 Å². The van der Waals surface area contributed by atoms with Gasteiger partial charge in [-0.3, -0.25) is 9.59 Å². The van der Waals surface area contributed by atoms with E-state index in [2.05, 4.69) is 72.8 Å². The molecule has 2 N–H and O–H groups in total. The Hall–Kier alpha value is -0.0468. The minimum atomic E-state index is -0.833. The van der Waals surface area contributed by atoms with Gasteiger partial charge in [0.05, 0.1) is 10.6 Å². The predicted octanol–water partition coefficient (Wildman–Crippen LogP) is 2.78. The molecule has 0 bridgehead atoms. The molecule has 0 aliphatic rings. The van der Waals surface area contributed by atoms with Gasteiger partial charge in [0, 0.05) is 132 Å². The van der Waals surface area contributed by atoms with Crippen molar-refractivity contribution >= 4 is 132 Å². The molecule has 0 fully saturated rings. The Morgan fingerprint density at radius 3 is 1.11 bits per heavy atom. The van der Waals surface area contributed by atoms with Crippen molar-refractivity contribution in [2.75, 3.05) is 0 Å². The van der Waals surface area contributed by atoms with Crippen LogP contribution in [0.25, 0.3) is 32.7 Å². The fraction of sp³-hybridized carbons (Fsp3) is 0.0833. The monoisotopic (exact) mass is 650 g/mol. The molecule has 4 aromatic carbocycles. The Balaban J connectivity index is -0.000000328. The van der Waals surface area contributed by atoms with E-state index in [0.29, 0.717) is 0 Å². The Bertz CT molecular complexity index is 1120. The van der Waals surface area contributed by atoms with Crippen LogP contribution in [0, 0.1) is 0 Å². The molecule has 0 saturated heterocycles. The Labute approximate surface area is 266 Å². The first-order chi connectivity index (χ1) is 14.2. The van der Waals surface area contributed by atoms with Gasteiger partial charge in [-0.15, -0.1) is 0 Å². The third-order valence-corrected chi connectivity index (χ3v) is 5.46. The summed E-state index contributed by atoms with van der Waals surface area (Å²) in [5.74, 6) is -1.67. The number of carbonyl (C=O) groups is 2. The van der Waals surface area contributed by atoms with Crippen molar-refractivity contribution in [3.63, 3.8) is 0 Å². The largest absolute Gasteiger partial charge is 0.481 e. The fourth-order valence-corrected chi connectivity index (χ4v) is 4.19. The number of benzene rings is 4. The molecule has 0 spiro atoms. The third-order valence-electron chi connectivity index (χ3n) is 4.28. The molecule has 4 rings (SSSR count). The van der Waals surface area contributed by atoms with Gasteiger partial charge in [0.25, 0.3) is 11.9 Å². The van der Waals surface area contributed by atoms with Gasteiger partial charge in [0.2, 0.25) is 0 Å². The quantitative estimate of drug-likeness (QED) is 0.246. The molecule has 174 valence electrons. The van der Waals surface area contributed by atoms with Crippen LogP contribution in [-0.4, -0.2) is 91.6 Å². The van der Waals surface area contributed by atoms with Crippen LogP contribution in [0.4, 0.5) is 0 Å². The maximum absolute atomic E-state index is 9.00. The molecule has 0 saturated carbocycles. The molecule has 4 aromatic rings. The Kier molecular flexibility index (Phi) is 25.2. The van der Waals surface area contributed by atoms with Crippen molar-refractivity contribution in [2.45, 2.75) is 13.8 Å². The molecular weight excluding hydrogens is 623 g/mol. The van der Waals surface area contributed by atoms with Crippen LogP contribution >= 0.6 is 18.5 Å². The summed E-state index contributed by atoms with van der Waals surface area (Å²) in [5, 5.41) is 22.9. The topological polar surface area (TPSA) is 74.6 Å². The van der Waals surface area contributed by atoms with Gasteiger partial charge in [-0.2, -0.15) is 0 Å². The smallest absolute Gasteiger partial charge is 0.300 e. The van der Waals surface area contributed by atoms with Crippen LogP contribution in [-0.2, 0) is 29.1 Å². The molecule has 0 aliphatic heterocycles. The molecule has 2 atom stereocenters. The fourth-order valence-electron chi connectivity index (χ4n) is 3.22. The van der Waals surface area contributed by atoms with Crippen LogP contribution in [0.15, 0.2) is 72.8 Å². The summed E-state index contributed by atoms with van der Waals surface area (Å²) in [4.78, 5) is 18.0. The van der Waals surface area contributed by atoms with Crippen molar-refractivity contribution < 1.29 is 39.3 Å². The van der Waals surface area contributed by atoms with Gasteiger partial charge in [-0.25, -0.2) is 0 Å². The van der Waals surface area contributed by atoms with Crippen LogP contribution < -0.4 is 10.6 Å². The summed E-state index contributed by atoms with van der Waals surface area (Å²) < 4.78 is 0. The van der Waals surface area contributed by atoms with Gasteiger partial charge < -0.3 is 10.2 Å². The van der Waals surface area contributed by atoms with E-state index < -0.39 is 11.9 Å². The molecule has 0 aromatic heterocycles. The van der Waals surface area contributed by atoms with E-state index in [1.807, 2.05) is 18.5 Å². The van der Waals surface area contributed by atoms with Crippen LogP contribution in [0.2, 0.25) is 0 Å². The van der Waals surface area contributed by atoms with E-state index >= 15 is 0 Å². The molecule has 0 heterocycles. The Morgan fingerprint density at radius 2 is 0.829 bits per heavy atom. The Morgan fingerprint density at radius 1 is 0.571 bits per heavy atom. The van der Waals surface area contributed by atoms with Crippen molar-refractivity contribution in [2.24, 2.45) is 0 Å². The van der Waals surface area contributed by atoms with E-state index in [4.69, 9.17) is 19.8 Å². The van der Waals surface area contributed by atoms with Crippen LogP contribution in [0.3, 0.4) is 0 Å². The number of rotatable bonds is 1. The first-order valence-corrected chi connectivity index (χ1v) is 10.7. The summed E-state index contributed by atoms with van der Waals surface area (Å²) in [6.45, 7) is 2.17. The summed E-state index contributed by atoms with van der Waals surface area (Å²) in [6.07, 6.45) is 0. The average molecular weight is 649 g/mol. The van der Waals surface area contributed by atoms with Gasteiger partial charge in [-0.1, -0.05) is 60.7 Å². The first kappa shape index (κ1) is 42.1. The summed E-state index contributed by atoms with van der Waals surface area (Å²) in [7, 11) is 3.97. The molecule has 35 heavy (non-hydrogen) atoms.